The fourth-order valence-corrected chi connectivity index (χ4v) is 6.80. The molecule has 2 aromatic heterocycles. The second-order valence-electron chi connectivity index (χ2n) is 15.2. The van der Waals surface area contributed by atoms with Crippen LogP contribution in [0, 0.1) is 0 Å². The van der Waals surface area contributed by atoms with Crippen LogP contribution in [0.3, 0.4) is 0 Å². The number of carbonyl (C=O) groups excluding carboxylic acids is 2. The molecule has 0 radical (unpaired) electrons. The van der Waals surface area contributed by atoms with Crippen LogP contribution in [0.25, 0.3) is 45.0 Å². The Hall–Kier alpha value is -5.24. The molecule has 0 aliphatic rings. The van der Waals surface area contributed by atoms with Gasteiger partial charge in [0.1, 0.15) is 11.6 Å². The Kier molecular flexibility index (Phi) is 21.6. The molecule has 6 rings (SSSR count). The first kappa shape index (κ1) is 50.4. The molecule has 12 nitrogen and oxygen atoms in total. The Morgan fingerprint density at radius 3 is 1.08 bits per heavy atom. The molecule has 0 bridgehead atoms. The molecule has 0 aliphatic heterocycles. The molecule has 0 saturated heterocycles. The summed E-state index contributed by atoms with van der Waals surface area (Å²) in [5.74, 6) is -0.731. The van der Waals surface area contributed by atoms with Crippen molar-refractivity contribution in [3.8, 4) is 45.0 Å². The van der Waals surface area contributed by atoms with Crippen LogP contribution in [-0.2, 0) is 19.1 Å². The van der Waals surface area contributed by atoms with E-state index in [1.165, 1.54) is 0 Å². The average molecular weight is 877 g/mol. The van der Waals surface area contributed by atoms with E-state index in [9.17, 15) is 19.8 Å². The molecule has 6 aromatic rings. The minimum atomic E-state index is -1.19. The van der Waals surface area contributed by atoms with Crippen molar-refractivity contribution in [3.63, 3.8) is 0 Å². The van der Waals surface area contributed by atoms with Gasteiger partial charge in [0, 0.05) is 60.6 Å². The molecule has 13 heteroatoms. The van der Waals surface area contributed by atoms with E-state index in [0.717, 1.165) is 95.4 Å². The molecule has 0 spiro atoms. The largest absolute Gasteiger partial charge is 2.00 e. The number of aromatic nitrogens is 4. The van der Waals surface area contributed by atoms with Gasteiger partial charge in [-0.05, 0) is 53.4 Å². The fourth-order valence-electron chi connectivity index (χ4n) is 6.80. The predicted octanol–water partition coefficient (Wildman–Crippen LogP) is 6.76. The first-order valence-corrected chi connectivity index (χ1v) is 21.2. The van der Waals surface area contributed by atoms with E-state index in [0.29, 0.717) is 13.2 Å². The number of hydrogen-bond acceptors (Lipinski definition) is 12. The number of nitrogens with zero attached hydrogens (tertiary/aromatic N) is 6. The minimum Gasteiger partial charge on any atom is -0.548 e. The zero-order valence-corrected chi connectivity index (χ0v) is 39.0. The van der Waals surface area contributed by atoms with Crippen LogP contribution in [0.2, 0.25) is 0 Å². The third kappa shape index (κ3) is 16.1. The van der Waals surface area contributed by atoms with Crippen LogP contribution in [0.1, 0.15) is 53.4 Å². The van der Waals surface area contributed by atoms with Crippen LogP contribution >= 0.6 is 0 Å². The quantitative estimate of drug-likeness (QED) is 0.0522. The molecule has 0 N–H and O–H groups in total. The Morgan fingerprint density at radius 2 is 0.794 bits per heavy atom. The van der Waals surface area contributed by atoms with Crippen molar-refractivity contribution < 1.29 is 29.3 Å². The van der Waals surface area contributed by atoms with E-state index in [1.807, 2.05) is 109 Å². The van der Waals surface area contributed by atoms with Gasteiger partial charge in [-0.15, -0.1) is 0 Å². The van der Waals surface area contributed by atoms with Crippen LogP contribution in [0.15, 0.2) is 134 Å². The van der Waals surface area contributed by atoms with Gasteiger partial charge in [0.25, 0.3) is 0 Å². The molecule has 324 valence electrons. The van der Waals surface area contributed by atoms with E-state index < -0.39 is 11.9 Å². The minimum absolute atomic E-state index is 0. The van der Waals surface area contributed by atoms with Gasteiger partial charge in [-0.1, -0.05) is 121 Å². The zero-order chi connectivity index (χ0) is 44.1. The van der Waals surface area contributed by atoms with E-state index in [4.69, 9.17) is 29.4 Å². The molecule has 0 fully saturated rings. The number of benzene rings is 4. The maximum absolute atomic E-state index is 10.4. The summed E-state index contributed by atoms with van der Waals surface area (Å²) >= 11 is 0. The van der Waals surface area contributed by atoms with Crippen molar-refractivity contribution in [2.24, 2.45) is 0 Å². The number of unbranched alkanes of at least 4 members (excludes halogenated alkanes) is 2. The Labute approximate surface area is 401 Å². The molecular weight excluding hydrogens is 821 g/mol. The topological polar surface area (TPSA) is 157 Å². The molecule has 0 unspecified atom stereocenters. The number of rotatable bonds is 22. The van der Waals surface area contributed by atoms with E-state index in [1.54, 1.807) is 0 Å². The smallest absolute Gasteiger partial charge is 0.548 e. The molecule has 0 amide bonds. The normalized spacial score (nSPS) is 10.8. The van der Waals surface area contributed by atoms with Crippen molar-refractivity contribution >= 4 is 61.3 Å². The Morgan fingerprint density at radius 1 is 0.492 bits per heavy atom. The molecule has 63 heavy (non-hydrogen) atoms. The van der Waals surface area contributed by atoms with Crippen LogP contribution in [0.5, 0.6) is 0 Å². The number of anilines is 2. The van der Waals surface area contributed by atoms with Crippen molar-refractivity contribution in [3.05, 3.63) is 134 Å². The summed E-state index contributed by atoms with van der Waals surface area (Å²) in [6.45, 7) is 10.1. The van der Waals surface area contributed by atoms with Gasteiger partial charge in [-0.3, -0.25) is 9.97 Å². The first-order valence-electron chi connectivity index (χ1n) is 21.2. The van der Waals surface area contributed by atoms with Gasteiger partial charge >= 0.3 is 37.7 Å². The fraction of sp³-hybridized carbons (Fsp3) is 0.320. The molecule has 0 atom stereocenters. The Bertz CT molecular complexity index is 2090. The monoisotopic (exact) mass is 876 g/mol. The summed E-state index contributed by atoms with van der Waals surface area (Å²) in [5, 5.41) is 20.9. The second kappa shape index (κ2) is 27.1. The van der Waals surface area contributed by atoms with Crippen molar-refractivity contribution in [1.82, 2.24) is 19.9 Å². The van der Waals surface area contributed by atoms with Gasteiger partial charge in [0.05, 0.1) is 60.3 Å². The molecule has 4 aromatic carbocycles. The first-order chi connectivity index (χ1) is 30.1. The third-order valence-electron chi connectivity index (χ3n) is 9.86. The summed E-state index contributed by atoms with van der Waals surface area (Å²) in [6.07, 6.45) is 6.90. The van der Waals surface area contributed by atoms with E-state index >= 15 is 0 Å². The van der Waals surface area contributed by atoms with Gasteiger partial charge in [0.2, 0.25) is 0 Å². The number of carbonyl (C=O) groups is 2. The van der Waals surface area contributed by atoms with Crippen LogP contribution in [-0.4, -0.2) is 121 Å². The van der Waals surface area contributed by atoms with Crippen LogP contribution in [0.4, 0.5) is 11.6 Å². The summed E-state index contributed by atoms with van der Waals surface area (Å²) in [4.78, 5) is 45.0. The van der Waals surface area contributed by atoms with Gasteiger partial charge in [0.15, 0.2) is 0 Å². The summed E-state index contributed by atoms with van der Waals surface area (Å²) in [5.41, 5.74) is 7.53. The standard InChI is InChI=1S/2C25H29N3O3.Ca/c2*1-19(2)28(15-9-10-16-31-18-23(29)30)22-17-26-24(20-11-5-3-6-12-20)25(27-22)21-13-7-4-8-14-21;/h2*3-8,11-14,17,19H,9-10,15-16,18H2,1-2H3,(H,29,30);/q;;+2/p-2. The van der Waals surface area contributed by atoms with E-state index in [-0.39, 0.29) is 63.0 Å². The number of hydrogen-bond donors (Lipinski definition) is 0. The number of carboxylic acids is 2. The van der Waals surface area contributed by atoms with E-state index in [2.05, 4.69) is 61.8 Å². The predicted molar refractivity (Wildman–Crippen MR) is 247 cm³/mol. The number of ether oxygens (including phenoxy) is 2. The summed E-state index contributed by atoms with van der Waals surface area (Å²) in [6, 6.07) is 40.9. The van der Waals surface area contributed by atoms with Gasteiger partial charge in [-0.2, -0.15) is 0 Å². The molecule has 0 aliphatic carbocycles. The van der Waals surface area contributed by atoms with Crippen molar-refractivity contribution in [2.45, 2.75) is 65.5 Å². The molecule has 0 saturated carbocycles. The zero-order valence-electron chi connectivity index (χ0n) is 36.8. The summed E-state index contributed by atoms with van der Waals surface area (Å²) in [7, 11) is 0. The van der Waals surface area contributed by atoms with Crippen molar-refractivity contribution in [1.29, 1.82) is 0 Å². The Balaban J connectivity index is 0.000000272. The third-order valence-corrected chi connectivity index (χ3v) is 9.86. The number of aliphatic carboxylic acids is 2. The van der Waals surface area contributed by atoms with Crippen molar-refractivity contribution in [2.75, 3.05) is 49.3 Å². The maximum Gasteiger partial charge on any atom is 2.00 e. The second-order valence-corrected chi connectivity index (χ2v) is 15.2. The average Bonchev–Trinajstić information content (AvgIpc) is 3.29. The van der Waals surface area contributed by atoms with Crippen LogP contribution < -0.4 is 20.0 Å². The maximum atomic E-state index is 10.4. The summed E-state index contributed by atoms with van der Waals surface area (Å²) < 4.78 is 10.2. The van der Waals surface area contributed by atoms with Gasteiger partial charge in [-0.25, -0.2) is 9.97 Å². The SMILES string of the molecule is CC(C)N(CCCCOCC(=O)[O-])c1cnc(-c2ccccc2)c(-c2ccccc2)n1.CC(C)N(CCCCOCC(=O)[O-])c1cnc(-c2ccccc2)c(-c2ccccc2)n1.[Ca+2]. The molecule has 2 heterocycles. The van der Waals surface area contributed by atoms with Gasteiger partial charge < -0.3 is 39.1 Å². The molecular formula is C50H56CaN6O6. The number of carboxylic acid groups (broad SMARTS) is 2.